The van der Waals surface area contributed by atoms with E-state index in [4.69, 9.17) is 5.11 Å². The topological polar surface area (TPSA) is 37.3 Å². The minimum absolute atomic E-state index is 0.227. The van der Waals surface area contributed by atoms with Gasteiger partial charge in [0.2, 0.25) is 0 Å². The SMILES string of the molecule is C=C1CCC1C(=O)O. The van der Waals surface area contributed by atoms with E-state index in [0.29, 0.717) is 0 Å². The van der Waals surface area contributed by atoms with Crippen molar-refractivity contribution in [2.75, 3.05) is 0 Å². The summed E-state index contributed by atoms with van der Waals surface area (Å²) in [5, 5.41) is 8.34. The van der Waals surface area contributed by atoms with Gasteiger partial charge in [-0.05, 0) is 12.8 Å². The normalized spacial score (nSPS) is 27.0. The van der Waals surface area contributed by atoms with Gasteiger partial charge >= 0.3 is 5.97 Å². The molecule has 1 fully saturated rings. The van der Waals surface area contributed by atoms with Gasteiger partial charge in [0.1, 0.15) is 0 Å². The van der Waals surface area contributed by atoms with Crippen LogP contribution in [-0.4, -0.2) is 11.1 Å². The van der Waals surface area contributed by atoms with Gasteiger partial charge < -0.3 is 5.11 Å². The molecule has 0 aromatic heterocycles. The molecule has 1 saturated carbocycles. The Morgan fingerprint density at radius 3 is 2.50 bits per heavy atom. The van der Waals surface area contributed by atoms with Gasteiger partial charge in [-0.15, -0.1) is 0 Å². The summed E-state index contributed by atoms with van der Waals surface area (Å²) in [6.07, 6.45) is 1.69. The molecule has 1 N–H and O–H groups in total. The zero-order valence-corrected chi connectivity index (χ0v) is 4.55. The molecule has 1 atom stereocenters. The van der Waals surface area contributed by atoms with E-state index in [0.717, 1.165) is 18.4 Å². The molecule has 1 rings (SSSR count). The molecule has 0 aliphatic heterocycles. The molecule has 0 radical (unpaired) electrons. The zero-order chi connectivity index (χ0) is 6.15. The molecule has 1 aliphatic carbocycles. The first-order valence-corrected chi connectivity index (χ1v) is 2.62. The number of rotatable bonds is 1. The van der Waals surface area contributed by atoms with E-state index in [2.05, 4.69) is 6.58 Å². The summed E-state index contributed by atoms with van der Waals surface area (Å²) in [7, 11) is 0. The lowest BCUT2D eigenvalue weighted by atomic mass is 9.81. The summed E-state index contributed by atoms with van der Waals surface area (Å²) < 4.78 is 0. The molecule has 0 aromatic rings. The van der Waals surface area contributed by atoms with Gasteiger partial charge in [-0.25, -0.2) is 0 Å². The van der Waals surface area contributed by atoms with Crippen LogP contribution in [0.2, 0.25) is 0 Å². The molecule has 8 heavy (non-hydrogen) atoms. The number of carboxylic acids is 1. The molecular weight excluding hydrogens is 104 g/mol. The van der Waals surface area contributed by atoms with Crippen molar-refractivity contribution >= 4 is 5.97 Å². The molecule has 0 aromatic carbocycles. The largest absolute Gasteiger partial charge is 0.481 e. The summed E-state index contributed by atoms with van der Waals surface area (Å²) in [6.45, 7) is 3.58. The number of hydrogen-bond donors (Lipinski definition) is 1. The molecule has 2 heteroatoms. The molecule has 44 valence electrons. The standard InChI is InChI=1S/C6H8O2/c1-4-2-3-5(4)6(7)8/h5H,1-3H2,(H,7,8). The van der Waals surface area contributed by atoms with E-state index in [1.807, 2.05) is 0 Å². The lowest BCUT2D eigenvalue weighted by Gasteiger charge is -2.23. The second-order valence-electron chi connectivity index (χ2n) is 2.09. The lowest BCUT2D eigenvalue weighted by molar-refractivity contribution is -0.141. The third-order valence-electron chi connectivity index (χ3n) is 1.55. The van der Waals surface area contributed by atoms with Crippen LogP contribution in [0, 0.1) is 5.92 Å². The van der Waals surface area contributed by atoms with Crippen LogP contribution in [0.15, 0.2) is 12.2 Å². The second kappa shape index (κ2) is 1.62. The summed E-state index contributed by atoms with van der Waals surface area (Å²) in [5.74, 6) is -0.948. The van der Waals surface area contributed by atoms with Crippen molar-refractivity contribution in [3.63, 3.8) is 0 Å². The third-order valence-corrected chi connectivity index (χ3v) is 1.55. The van der Waals surface area contributed by atoms with Crippen LogP contribution in [0.3, 0.4) is 0 Å². The molecule has 0 bridgehead atoms. The molecule has 0 spiro atoms. The Bertz CT molecular complexity index is 129. The monoisotopic (exact) mass is 112 g/mol. The molecule has 1 unspecified atom stereocenters. The molecule has 2 nitrogen and oxygen atoms in total. The van der Waals surface area contributed by atoms with E-state index >= 15 is 0 Å². The van der Waals surface area contributed by atoms with E-state index in [-0.39, 0.29) is 5.92 Å². The highest BCUT2D eigenvalue weighted by molar-refractivity contribution is 5.75. The molecule has 1 aliphatic rings. The summed E-state index contributed by atoms with van der Waals surface area (Å²) in [4.78, 5) is 10.1. The fourth-order valence-corrected chi connectivity index (χ4v) is 0.791. The fraction of sp³-hybridized carbons (Fsp3) is 0.500. The first kappa shape index (κ1) is 5.35. The molecule has 0 saturated heterocycles. The van der Waals surface area contributed by atoms with Gasteiger partial charge in [0, 0.05) is 0 Å². The van der Waals surface area contributed by atoms with Crippen molar-refractivity contribution in [3.8, 4) is 0 Å². The number of carbonyl (C=O) groups is 1. The van der Waals surface area contributed by atoms with Gasteiger partial charge in [-0.3, -0.25) is 4.79 Å². The second-order valence-corrected chi connectivity index (χ2v) is 2.09. The van der Waals surface area contributed by atoms with Gasteiger partial charge in [-0.1, -0.05) is 12.2 Å². The van der Waals surface area contributed by atoms with Crippen LogP contribution in [0.1, 0.15) is 12.8 Å². The van der Waals surface area contributed by atoms with Crippen molar-refractivity contribution in [2.24, 2.45) is 5.92 Å². The Labute approximate surface area is 47.8 Å². The average Bonchev–Trinajstić information content (AvgIpc) is 1.61. The summed E-state index contributed by atoms with van der Waals surface area (Å²) in [5.41, 5.74) is 0.873. The maximum atomic E-state index is 10.1. The Morgan fingerprint density at radius 2 is 2.50 bits per heavy atom. The van der Waals surface area contributed by atoms with Crippen LogP contribution < -0.4 is 0 Å². The van der Waals surface area contributed by atoms with Crippen LogP contribution in [0.25, 0.3) is 0 Å². The van der Waals surface area contributed by atoms with Crippen LogP contribution in [-0.2, 0) is 4.79 Å². The quantitative estimate of drug-likeness (QED) is 0.514. The highest BCUT2D eigenvalue weighted by atomic mass is 16.4. The van der Waals surface area contributed by atoms with Gasteiger partial charge in [0.15, 0.2) is 0 Å². The molecular formula is C6H8O2. The van der Waals surface area contributed by atoms with Crippen molar-refractivity contribution in [3.05, 3.63) is 12.2 Å². The Hall–Kier alpha value is -0.790. The number of aliphatic carboxylic acids is 1. The zero-order valence-electron chi connectivity index (χ0n) is 4.55. The fourth-order valence-electron chi connectivity index (χ4n) is 0.791. The third kappa shape index (κ3) is 0.619. The van der Waals surface area contributed by atoms with Gasteiger partial charge in [-0.2, -0.15) is 0 Å². The number of hydrogen-bond acceptors (Lipinski definition) is 1. The molecule has 0 amide bonds. The minimum atomic E-state index is -0.721. The Morgan fingerprint density at radius 1 is 1.88 bits per heavy atom. The van der Waals surface area contributed by atoms with E-state index < -0.39 is 5.97 Å². The van der Waals surface area contributed by atoms with Crippen LogP contribution >= 0.6 is 0 Å². The van der Waals surface area contributed by atoms with Crippen molar-refractivity contribution in [1.82, 2.24) is 0 Å². The first-order chi connectivity index (χ1) is 3.72. The Balaban J connectivity index is 2.49. The van der Waals surface area contributed by atoms with E-state index in [9.17, 15) is 4.79 Å². The summed E-state index contributed by atoms with van der Waals surface area (Å²) >= 11 is 0. The smallest absolute Gasteiger partial charge is 0.310 e. The van der Waals surface area contributed by atoms with Crippen molar-refractivity contribution in [1.29, 1.82) is 0 Å². The van der Waals surface area contributed by atoms with Crippen LogP contribution in [0.4, 0.5) is 0 Å². The van der Waals surface area contributed by atoms with Crippen LogP contribution in [0.5, 0.6) is 0 Å². The van der Waals surface area contributed by atoms with E-state index in [1.165, 1.54) is 0 Å². The maximum Gasteiger partial charge on any atom is 0.310 e. The predicted octanol–water partition coefficient (Wildman–Crippen LogP) is 1.04. The van der Waals surface area contributed by atoms with Crippen molar-refractivity contribution < 1.29 is 9.90 Å². The minimum Gasteiger partial charge on any atom is -0.481 e. The highest BCUT2D eigenvalue weighted by Crippen LogP contribution is 2.31. The van der Waals surface area contributed by atoms with Gasteiger partial charge in [0.25, 0.3) is 0 Å². The lowest BCUT2D eigenvalue weighted by Crippen LogP contribution is -2.23. The highest BCUT2D eigenvalue weighted by Gasteiger charge is 2.28. The molecule has 0 heterocycles. The van der Waals surface area contributed by atoms with Gasteiger partial charge in [0.05, 0.1) is 5.92 Å². The summed E-state index contributed by atoms with van der Waals surface area (Å²) in [6, 6.07) is 0. The van der Waals surface area contributed by atoms with Crippen molar-refractivity contribution in [2.45, 2.75) is 12.8 Å². The Kier molecular flexibility index (Phi) is 1.08. The van der Waals surface area contributed by atoms with E-state index in [1.54, 1.807) is 0 Å². The predicted molar refractivity (Wildman–Crippen MR) is 29.5 cm³/mol. The first-order valence-electron chi connectivity index (χ1n) is 2.62. The number of carboxylic acid groups (broad SMARTS) is 1. The average molecular weight is 112 g/mol. The maximum absolute atomic E-state index is 10.1.